The molecule has 6 nitrogen and oxygen atoms in total. The average Bonchev–Trinajstić information content (AvgIpc) is 2.37. The van der Waals surface area contributed by atoms with Crippen molar-refractivity contribution in [2.75, 3.05) is 18.4 Å². The lowest BCUT2D eigenvalue weighted by molar-refractivity contribution is 0.0528. The van der Waals surface area contributed by atoms with Gasteiger partial charge in [-0.2, -0.15) is 0 Å². The number of alkyl carbamates (subject to hydrolysis) is 1. The molecule has 1 rings (SSSR count). The zero-order chi connectivity index (χ0) is 16.8. The summed E-state index contributed by atoms with van der Waals surface area (Å²) in [7, 11) is 0. The predicted octanol–water partition coefficient (Wildman–Crippen LogP) is 2.61. The van der Waals surface area contributed by atoms with Crippen LogP contribution in [-0.2, 0) is 4.74 Å². The molecule has 1 aromatic carbocycles. The topological polar surface area (TPSA) is 79.5 Å². The molecule has 3 N–H and O–H groups in total. The Morgan fingerprint density at radius 2 is 1.77 bits per heavy atom. The third-order valence-electron chi connectivity index (χ3n) is 2.26. The highest BCUT2D eigenvalue weighted by Crippen LogP contribution is 2.14. The Labute approximate surface area is 127 Å². The van der Waals surface area contributed by atoms with E-state index >= 15 is 0 Å². The van der Waals surface area contributed by atoms with Crippen molar-refractivity contribution < 1.29 is 23.1 Å². The Kier molecular flexibility index (Phi) is 6.09. The van der Waals surface area contributed by atoms with Crippen molar-refractivity contribution in [3.8, 4) is 0 Å². The van der Waals surface area contributed by atoms with Gasteiger partial charge in [0.1, 0.15) is 17.2 Å². The highest BCUT2D eigenvalue weighted by molar-refractivity contribution is 5.89. The maximum absolute atomic E-state index is 13.3. The van der Waals surface area contributed by atoms with Crippen molar-refractivity contribution in [2.24, 2.45) is 0 Å². The summed E-state index contributed by atoms with van der Waals surface area (Å²) >= 11 is 0. The van der Waals surface area contributed by atoms with Crippen LogP contribution in [-0.4, -0.2) is 30.8 Å². The van der Waals surface area contributed by atoms with Crippen molar-refractivity contribution in [3.05, 3.63) is 29.8 Å². The Bertz CT molecular complexity index is 545. The van der Waals surface area contributed by atoms with Crippen molar-refractivity contribution >= 4 is 17.8 Å². The number of ether oxygens (including phenoxy) is 1. The van der Waals surface area contributed by atoms with Gasteiger partial charge in [-0.25, -0.2) is 18.4 Å². The molecule has 0 aromatic heterocycles. The van der Waals surface area contributed by atoms with Gasteiger partial charge in [0.2, 0.25) is 0 Å². The van der Waals surface area contributed by atoms with Gasteiger partial charge in [-0.15, -0.1) is 0 Å². The highest BCUT2D eigenvalue weighted by atomic mass is 19.1. The number of anilines is 1. The van der Waals surface area contributed by atoms with Crippen LogP contribution in [0.4, 0.5) is 24.1 Å². The number of carbonyl (C=O) groups excluding carboxylic acids is 2. The molecule has 0 aliphatic rings. The maximum Gasteiger partial charge on any atom is 0.407 e. The lowest BCUT2D eigenvalue weighted by Crippen LogP contribution is -2.39. The number of amides is 3. The molecule has 0 bridgehead atoms. The van der Waals surface area contributed by atoms with Crippen molar-refractivity contribution in [3.63, 3.8) is 0 Å². The van der Waals surface area contributed by atoms with E-state index in [9.17, 15) is 18.4 Å². The fourth-order valence-electron chi connectivity index (χ4n) is 1.41. The largest absolute Gasteiger partial charge is 0.444 e. The molecule has 0 fully saturated rings. The molecule has 22 heavy (non-hydrogen) atoms. The first-order chi connectivity index (χ1) is 10.2. The fraction of sp³-hybridized carbons (Fsp3) is 0.429. The highest BCUT2D eigenvalue weighted by Gasteiger charge is 2.15. The van der Waals surface area contributed by atoms with Gasteiger partial charge in [-0.05, 0) is 32.9 Å². The number of halogens is 2. The molecule has 0 heterocycles. The van der Waals surface area contributed by atoms with Gasteiger partial charge in [-0.1, -0.05) is 0 Å². The van der Waals surface area contributed by atoms with Crippen LogP contribution in [0.5, 0.6) is 0 Å². The van der Waals surface area contributed by atoms with E-state index in [4.69, 9.17) is 4.74 Å². The minimum Gasteiger partial charge on any atom is -0.444 e. The molecule has 122 valence electrons. The SMILES string of the molecule is CC(C)(C)OC(=O)NCCNC(=O)Nc1cc(F)ccc1F. The number of nitrogens with one attached hydrogen (secondary N) is 3. The van der Waals surface area contributed by atoms with Crippen LogP contribution >= 0.6 is 0 Å². The standard InChI is InChI=1S/C14H19F2N3O3/c1-14(2,3)22-13(21)18-7-6-17-12(20)19-11-8-9(15)4-5-10(11)16/h4-5,8H,6-7H2,1-3H3,(H,18,21)(H2,17,19,20). The third kappa shape index (κ3) is 6.87. The fourth-order valence-corrected chi connectivity index (χ4v) is 1.41. The summed E-state index contributed by atoms with van der Waals surface area (Å²) in [6.45, 7) is 5.42. The predicted molar refractivity (Wildman–Crippen MR) is 77.6 cm³/mol. The second-order valence-corrected chi connectivity index (χ2v) is 5.43. The summed E-state index contributed by atoms with van der Waals surface area (Å²) in [6.07, 6.45) is -0.606. The third-order valence-corrected chi connectivity index (χ3v) is 2.26. The van der Waals surface area contributed by atoms with Crippen LogP contribution < -0.4 is 16.0 Å². The molecule has 0 aliphatic carbocycles. The van der Waals surface area contributed by atoms with Gasteiger partial charge < -0.3 is 20.7 Å². The summed E-state index contributed by atoms with van der Waals surface area (Å²) < 4.78 is 31.2. The van der Waals surface area contributed by atoms with Gasteiger partial charge in [0.25, 0.3) is 0 Å². The van der Waals surface area contributed by atoms with Gasteiger partial charge in [0.15, 0.2) is 0 Å². The average molecular weight is 315 g/mol. The molecule has 0 aliphatic heterocycles. The van der Waals surface area contributed by atoms with Crippen molar-refractivity contribution in [1.29, 1.82) is 0 Å². The number of carbonyl (C=O) groups is 2. The Balaban J connectivity index is 2.29. The van der Waals surface area contributed by atoms with Gasteiger partial charge >= 0.3 is 12.1 Å². The minimum atomic E-state index is -0.747. The smallest absolute Gasteiger partial charge is 0.407 e. The molecule has 0 unspecified atom stereocenters. The first-order valence-electron chi connectivity index (χ1n) is 6.64. The van der Waals surface area contributed by atoms with E-state index in [1.165, 1.54) is 0 Å². The van der Waals surface area contributed by atoms with E-state index in [-0.39, 0.29) is 18.8 Å². The van der Waals surface area contributed by atoms with Crippen molar-refractivity contribution in [1.82, 2.24) is 10.6 Å². The van der Waals surface area contributed by atoms with Crippen LogP contribution in [0.2, 0.25) is 0 Å². The quantitative estimate of drug-likeness (QED) is 0.747. The van der Waals surface area contributed by atoms with Crippen LogP contribution in [0.3, 0.4) is 0 Å². The van der Waals surface area contributed by atoms with Crippen molar-refractivity contribution in [2.45, 2.75) is 26.4 Å². The first-order valence-corrected chi connectivity index (χ1v) is 6.64. The van der Waals surface area contributed by atoms with E-state index in [1.807, 2.05) is 0 Å². The molecule has 0 saturated heterocycles. The normalized spacial score (nSPS) is 10.8. The zero-order valence-electron chi connectivity index (χ0n) is 12.6. The Morgan fingerprint density at radius 3 is 2.41 bits per heavy atom. The molecule has 8 heteroatoms. The van der Waals surface area contributed by atoms with Crippen LogP contribution in [0.15, 0.2) is 18.2 Å². The Morgan fingerprint density at radius 1 is 1.14 bits per heavy atom. The molecule has 0 saturated carbocycles. The maximum atomic E-state index is 13.3. The van der Waals surface area contributed by atoms with Gasteiger partial charge in [-0.3, -0.25) is 0 Å². The minimum absolute atomic E-state index is 0.0992. The van der Waals surface area contributed by atoms with Gasteiger partial charge in [0.05, 0.1) is 5.69 Å². The first kappa shape index (κ1) is 17.7. The number of rotatable bonds is 4. The molecule has 0 radical (unpaired) electrons. The molecule has 1 aromatic rings. The van der Waals surface area contributed by atoms with Gasteiger partial charge in [0, 0.05) is 19.2 Å². The van der Waals surface area contributed by atoms with E-state index < -0.39 is 29.4 Å². The monoisotopic (exact) mass is 315 g/mol. The molecule has 0 spiro atoms. The summed E-state index contributed by atoms with van der Waals surface area (Å²) in [5, 5.41) is 7.00. The molecular weight excluding hydrogens is 296 g/mol. The van der Waals surface area contributed by atoms with E-state index in [2.05, 4.69) is 16.0 Å². The lowest BCUT2D eigenvalue weighted by Gasteiger charge is -2.19. The van der Waals surface area contributed by atoms with E-state index in [0.717, 1.165) is 18.2 Å². The Hall–Kier alpha value is -2.38. The second-order valence-electron chi connectivity index (χ2n) is 5.43. The molecular formula is C14H19F2N3O3. The van der Waals surface area contributed by atoms with Crippen LogP contribution in [0, 0.1) is 11.6 Å². The lowest BCUT2D eigenvalue weighted by atomic mass is 10.2. The second kappa shape index (κ2) is 7.58. The van der Waals surface area contributed by atoms with Crippen LogP contribution in [0.1, 0.15) is 20.8 Å². The summed E-state index contributed by atoms with van der Waals surface area (Å²) in [4.78, 5) is 22.8. The molecule has 0 atom stereocenters. The summed E-state index contributed by atoms with van der Waals surface area (Å²) in [6, 6.07) is 2.02. The van der Waals surface area contributed by atoms with E-state index in [1.54, 1.807) is 20.8 Å². The number of benzene rings is 1. The molecule has 3 amide bonds. The van der Waals surface area contributed by atoms with E-state index in [0.29, 0.717) is 0 Å². The summed E-state index contributed by atoms with van der Waals surface area (Å²) in [5.74, 6) is -1.41. The summed E-state index contributed by atoms with van der Waals surface area (Å²) in [5.41, 5.74) is -0.873. The number of hydrogen-bond acceptors (Lipinski definition) is 3. The number of hydrogen-bond donors (Lipinski definition) is 3. The number of urea groups is 1. The van der Waals surface area contributed by atoms with Crippen LogP contribution in [0.25, 0.3) is 0 Å². The zero-order valence-corrected chi connectivity index (χ0v) is 12.6.